The van der Waals surface area contributed by atoms with Crippen LogP contribution in [0.2, 0.25) is 0 Å². The summed E-state index contributed by atoms with van der Waals surface area (Å²) in [5.41, 5.74) is 7.23. The molecule has 0 fully saturated rings. The van der Waals surface area contributed by atoms with E-state index in [2.05, 4.69) is 85.8 Å². The van der Waals surface area contributed by atoms with Crippen LogP contribution in [-0.4, -0.2) is 23.4 Å². The molecule has 4 aromatic carbocycles. The highest BCUT2D eigenvalue weighted by atomic mass is 32.2. The zero-order chi connectivity index (χ0) is 23.8. The number of benzene rings is 4. The van der Waals surface area contributed by atoms with Crippen LogP contribution < -0.4 is 4.74 Å². The summed E-state index contributed by atoms with van der Waals surface area (Å²) in [5.74, 6) is 0.379. The Morgan fingerprint density at radius 2 is 1.53 bits per heavy atom. The number of hydrogen-bond donors (Lipinski definition) is 1. The van der Waals surface area contributed by atoms with Crippen molar-refractivity contribution in [1.29, 1.82) is 0 Å². The molecule has 0 heterocycles. The molecule has 0 spiro atoms. The lowest BCUT2D eigenvalue weighted by atomic mass is 9.94. The van der Waals surface area contributed by atoms with Crippen LogP contribution in [0, 0.1) is 6.92 Å². The first-order chi connectivity index (χ1) is 16.6. The summed E-state index contributed by atoms with van der Waals surface area (Å²) in [6, 6.07) is 35.2. The van der Waals surface area contributed by atoms with E-state index in [0.29, 0.717) is 5.75 Å². The highest BCUT2D eigenvalue weighted by Crippen LogP contribution is 2.29. The molecule has 0 saturated carbocycles. The maximum absolute atomic E-state index is 10.7. The quantitative estimate of drug-likeness (QED) is 0.262. The minimum atomic E-state index is -0.982. The highest BCUT2D eigenvalue weighted by molar-refractivity contribution is 7.99. The summed E-state index contributed by atoms with van der Waals surface area (Å²) < 4.78 is 5.21. The highest BCUT2D eigenvalue weighted by Gasteiger charge is 2.07. The molecular weight excluding hydrogens is 440 g/mol. The van der Waals surface area contributed by atoms with Gasteiger partial charge in [-0.05, 0) is 59.0 Å². The molecule has 0 aliphatic heterocycles. The molecular formula is C30H26O3S. The third-order valence-electron chi connectivity index (χ3n) is 5.36. The van der Waals surface area contributed by atoms with Gasteiger partial charge in [-0.25, -0.2) is 4.79 Å². The fourth-order valence-electron chi connectivity index (χ4n) is 3.69. The predicted molar refractivity (Wildman–Crippen MR) is 140 cm³/mol. The van der Waals surface area contributed by atoms with Crippen molar-refractivity contribution in [3.8, 4) is 16.9 Å². The van der Waals surface area contributed by atoms with Crippen LogP contribution in [0.25, 0.3) is 16.7 Å². The maximum atomic E-state index is 10.7. The molecule has 0 radical (unpaired) electrons. The zero-order valence-electron chi connectivity index (χ0n) is 19.0. The van der Waals surface area contributed by atoms with Crippen molar-refractivity contribution in [2.45, 2.75) is 11.8 Å². The molecule has 4 rings (SSSR count). The summed E-state index contributed by atoms with van der Waals surface area (Å²) in [7, 11) is 0. The van der Waals surface area contributed by atoms with Gasteiger partial charge >= 0.3 is 5.97 Å². The normalized spacial score (nSPS) is 11.3. The number of ether oxygens (including phenoxy) is 1. The van der Waals surface area contributed by atoms with Crippen LogP contribution in [0.5, 0.6) is 5.75 Å². The summed E-state index contributed by atoms with van der Waals surface area (Å²) in [6.45, 7) is 1.78. The molecule has 0 unspecified atom stereocenters. The van der Waals surface area contributed by atoms with Crippen molar-refractivity contribution in [3.63, 3.8) is 0 Å². The minimum absolute atomic E-state index is 0.335. The summed E-state index contributed by atoms with van der Waals surface area (Å²) >= 11 is 1.73. The van der Waals surface area contributed by atoms with Crippen LogP contribution >= 0.6 is 11.8 Å². The Morgan fingerprint density at radius 1 is 0.824 bits per heavy atom. The van der Waals surface area contributed by atoms with Gasteiger partial charge in [-0.3, -0.25) is 0 Å². The first kappa shape index (κ1) is 23.4. The SMILES string of the molecule is Cc1cccc(C(=CCSc2ccc(OCC(=O)O)cc2)c2ccc(-c3ccccc3)cc2)c1. The maximum Gasteiger partial charge on any atom is 0.341 e. The van der Waals surface area contributed by atoms with Gasteiger partial charge < -0.3 is 9.84 Å². The van der Waals surface area contributed by atoms with Crippen LogP contribution in [0.15, 0.2) is 114 Å². The number of thioether (sulfide) groups is 1. The van der Waals surface area contributed by atoms with Gasteiger partial charge in [0.15, 0.2) is 6.61 Å². The Bertz CT molecular complexity index is 1260. The fraction of sp³-hybridized carbons (Fsp3) is 0.100. The van der Waals surface area contributed by atoms with Gasteiger partial charge in [-0.1, -0.05) is 90.5 Å². The van der Waals surface area contributed by atoms with E-state index < -0.39 is 5.97 Å². The van der Waals surface area contributed by atoms with Gasteiger partial charge in [-0.2, -0.15) is 0 Å². The molecule has 0 amide bonds. The number of carbonyl (C=O) groups is 1. The second kappa shape index (κ2) is 11.4. The van der Waals surface area contributed by atoms with Crippen molar-refractivity contribution < 1.29 is 14.6 Å². The van der Waals surface area contributed by atoms with Crippen molar-refractivity contribution in [2.24, 2.45) is 0 Å². The lowest BCUT2D eigenvalue weighted by Gasteiger charge is -2.11. The van der Waals surface area contributed by atoms with Crippen LogP contribution in [0.4, 0.5) is 0 Å². The van der Waals surface area contributed by atoms with Crippen molar-refractivity contribution >= 4 is 23.3 Å². The number of carboxylic acids is 1. The van der Waals surface area contributed by atoms with E-state index in [-0.39, 0.29) is 6.61 Å². The molecule has 0 aliphatic rings. The van der Waals surface area contributed by atoms with E-state index in [1.54, 1.807) is 23.9 Å². The number of hydrogen-bond acceptors (Lipinski definition) is 3. The zero-order valence-corrected chi connectivity index (χ0v) is 19.8. The molecule has 0 saturated heterocycles. The molecule has 0 aliphatic carbocycles. The summed E-state index contributed by atoms with van der Waals surface area (Å²) in [5, 5.41) is 8.74. The Labute approximate surface area is 204 Å². The van der Waals surface area contributed by atoms with E-state index in [1.165, 1.54) is 33.4 Å². The molecule has 0 atom stereocenters. The summed E-state index contributed by atoms with van der Waals surface area (Å²) in [6.07, 6.45) is 2.27. The van der Waals surface area contributed by atoms with Gasteiger partial charge in [0.1, 0.15) is 5.75 Å². The molecule has 4 heteroatoms. The molecule has 0 bridgehead atoms. The van der Waals surface area contributed by atoms with Crippen molar-refractivity contribution in [2.75, 3.05) is 12.4 Å². The fourth-order valence-corrected chi connectivity index (χ4v) is 4.46. The topological polar surface area (TPSA) is 46.5 Å². The number of aryl methyl sites for hydroxylation is 1. The standard InChI is InChI=1S/C30H26O3S/c1-22-6-5-9-26(20-22)29(25-12-10-24(11-13-25)23-7-3-2-4-8-23)18-19-34-28-16-14-27(15-17-28)33-21-30(31)32/h2-18,20H,19,21H2,1H3,(H,31,32). The van der Waals surface area contributed by atoms with Crippen LogP contribution in [0.3, 0.4) is 0 Å². The van der Waals surface area contributed by atoms with Gasteiger partial charge in [-0.15, -0.1) is 11.8 Å². The van der Waals surface area contributed by atoms with Gasteiger partial charge in [0.2, 0.25) is 0 Å². The van der Waals surface area contributed by atoms with E-state index in [4.69, 9.17) is 9.84 Å². The Morgan fingerprint density at radius 3 is 2.21 bits per heavy atom. The first-order valence-corrected chi connectivity index (χ1v) is 12.1. The van der Waals surface area contributed by atoms with E-state index in [0.717, 1.165) is 10.6 Å². The Balaban J connectivity index is 1.53. The lowest BCUT2D eigenvalue weighted by molar-refractivity contribution is -0.139. The minimum Gasteiger partial charge on any atom is -0.482 e. The van der Waals surface area contributed by atoms with Crippen molar-refractivity contribution in [3.05, 3.63) is 126 Å². The average molecular weight is 467 g/mol. The van der Waals surface area contributed by atoms with Gasteiger partial charge in [0.25, 0.3) is 0 Å². The predicted octanol–water partition coefficient (Wildman–Crippen LogP) is 7.35. The van der Waals surface area contributed by atoms with Crippen molar-refractivity contribution in [1.82, 2.24) is 0 Å². The third kappa shape index (κ3) is 6.40. The second-order valence-electron chi connectivity index (χ2n) is 7.90. The molecule has 0 aromatic heterocycles. The smallest absolute Gasteiger partial charge is 0.341 e. The van der Waals surface area contributed by atoms with Gasteiger partial charge in [0, 0.05) is 10.6 Å². The van der Waals surface area contributed by atoms with E-state index in [9.17, 15) is 4.79 Å². The number of aliphatic carboxylic acids is 1. The largest absolute Gasteiger partial charge is 0.482 e. The molecule has 3 nitrogen and oxygen atoms in total. The number of carboxylic acid groups (broad SMARTS) is 1. The van der Waals surface area contributed by atoms with Crippen LogP contribution in [-0.2, 0) is 4.79 Å². The molecule has 170 valence electrons. The lowest BCUT2D eigenvalue weighted by Crippen LogP contribution is -2.09. The monoisotopic (exact) mass is 466 g/mol. The Kier molecular flexibility index (Phi) is 7.84. The number of rotatable bonds is 9. The second-order valence-corrected chi connectivity index (χ2v) is 8.99. The third-order valence-corrected chi connectivity index (χ3v) is 6.29. The Hall–Kier alpha value is -3.76. The average Bonchev–Trinajstić information content (AvgIpc) is 2.87. The van der Waals surface area contributed by atoms with Gasteiger partial charge in [0.05, 0.1) is 0 Å². The molecule has 1 N–H and O–H groups in total. The van der Waals surface area contributed by atoms with E-state index in [1.807, 2.05) is 18.2 Å². The van der Waals surface area contributed by atoms with E-state index >= 15 is 0 Å². The first-order valence-electron chi connectivity index (χ1n) is 11.1. The summed E-state index contributed by atoms with van der Waals surface area (Å²) in [4.78, 5) is 11.8. The van der Waals surface area contributed by atoms with Crippen LogP contribution in [0.1, 0.15) is 16.7 Å². The molecule has 34 heavy (non-hydrogen) atoms. The molecule has 4 aromatic rings.